The molecule has 1 aromatic carbocycles. The molecule has 1 saturated heterocycles. The lowest BCUT2D eigenvalue weighted by Gasteiger charge is -2.30. The number of piperidine rings is 1. The lowest BCUT2D eigenvalue weighted by atomic mass is 10.1. The summed E-state index contributed by atoms with van der Waals surface area (Å²) in [6.45, 7) is 0.506. The van der Waals surface area contributed by atoms with Gasteiger partial charge in [0.25, 0.3) is 0 Å². The standard InChI is InChI=1S/C12H16ClFN2O4S2/c1-21(17,18)16-6-4-10(5-7-16)15-22(19,20)12-3-2-9(14)8-11(12)13/h2-3,8,10,15H,4-7H2,1H3. The third kappa shape index (κ3) is 4.17. The molecule has 0 atom stereocenters. The molecule has 22 heavy (non-hydrogen) atoms. The zero-order valence-electron chi connectivity index (χ0n) is 11.8. The van der Waals surface area contributed by atoms with Crippen LogP contribution in [0.4, 0.5) is 4.39 Å². The maximum atomic E-state index is 13.0. The topological polar surface area (TPSA) is 83.6 Å². The fraction of sp³-hybridized carbons (Fsp3) is 0.500. The molecule has 2 rings (SSSR count). The van der Waals surface area contributed by atoms with Crippen LogP contribution in [0.25, 0.3) is 0 Å². The van der Waals surface area contributed by atoms with E-state index >= 15 is 0 Å². The molecule has 0 bridgehead atoms. The molecular formula is C12H16ClFN2O4S2. The molecule has 10 heteroatoms. The maximum Gasteiger partial charge on any atom is 0.242 e. The highest BCUT2D eigenvalue weighted by atomic mass is 35.5. The Kier molecular flexibility index (Phi) is 5.13. The summed E-state index contributed by atoms with van der Waals surface area (Å²) in [5, 5.41) is -0.193. The summed E-state index contributed by atoms with van der Waals surface area (Å²) < 4.78 is 64.1. The zero-order chi connectivity index (χ0) is 16.5. The first-order valence-electron chi connectivity index (χ1n) is 6.52. The third-order valence-corrected chi connectivity index (χ3v) is 6.73. The van der Waals surface area contributed by atoms with Gasteiger partial charge in [-0.3, -0.25) is 0 Å². The van der Waals surface area contributed by atoms with Gasteiger partial charge in [0.1, 0.15) is 10.7 Å². The summed E-state index contributed by atoms with van der Waals surface area (Å²) in [5.74, 6) is -0.620. The summed E-state index contributed by atoms with van der Waals surface area (Å²) in [4.78, 5) is -0.193. The minimum atomic E-state index is -3.88. The van der Waals surface area contributed by atoms with Gasteiger partial charge in [-0.1, -0.05) is 11.6 Å². The van der Waals surface area contributed by atoms with Gasteiger partial charge < -0.3 is 0 Å². The smallest absolute Gasteiger partial charge is 0.213 e. The van der Waals surface area contributed by atoms with E-state index in [4.69, 9.17) is 11.6 Å². The Morgan fingerprint density at radius 3 is 2.32 bits per heavy atom. The fourth-order valence-corrected chi connectivity index (χ4v) is 4.99. The summed E-state index contributed by atoms with van der Waals surface area (Å²) in [6, 6.07) is 2.67. The van der Waals surface area contributed by atoms with Crippen LogP contribution in [0.2, 0.25) is 5.02 Å². The number of benzene rings is 1. The second kappa shape index (κ2) is 6.40. The molecule has 0 unspecified atom stereocenters. The predicted octanol–water partition coefficient (Wildman–Crippen LogP) is 1.18. The molecule has 124 valence electrons. The Hall–Kier alpha value is -0.740. The van der Waals surface area contributed by atoms with Crippen molar-refractivity contribution < 1.29 is 21.2 Å². The molecule has 0 aromatic heterocycles. The van der Waals surface area contributed by atoms with E-state index in [1.807, 2.05) is 0 Å². The SMILES string of the molecule is CS(=O)(=O)N1CCC(NS(=O)(=O)c2ccc(F)cc2Cl)CC1. The van der Waals surface area contributed by atoms with Crippen molar-refractivity contribution in [2.45, 2.75) is 23.8 Å². The highest BCUT2D eigenvalue weighted by Gasteiger charge is 2.29. The van der Waals surface area contributed by atoms with Crippen molar-refractivity contribution in [3.05, 3.63) is 29.0 Å². The van der Waals surface area contributed by atoms with Crippen LogP contribution in [0.5, 0.6) is 0 Å². The Bertz CT molecular complexity index is 759. The van der Waals surface area contributed by atoms with E-state index < -0.39 is 25.9 Å². The molecular weight excluding hydrogens is 355 g/mol. The number of nitrogens with zero attached hydrogens (tertiary/aromatic N) is 1. The molecule has 1 heterocycles. The average molecular weight is 371 g/mol. The van der Waals surface area contributed by atoms with Crippen molar-refractivity contribution in [2.24, 2.45) is 0 Å². The largest absolute Gasteiger partial charge is 0.242 e. The van der Waals surface area contributed by atoms with Gasteiger partial charge in [0.15, 0.2) is 0 Å². The van der Waals surface area contributed by atoms with Crippen LogP contribution in [0, 0.1) is 5.82 Å². The normalized spacial score (nSPS) is 18.5. The summed E-state index contributed by atoms with van der Waals surface area (Å²) in [6.07, 6.45) is 1.85. The molecule has 0 spiro atoms. The molecule has 0 aliphatic carbocycles. The van der Waals surface area contributed by atoms with Gasteiger partial charge in [0.2, 0.25) is 20.0 Å². The molecule has 1 N–H and O–H groups in total. The van der Waals surface area contributed by atoms with E-state index in [0.717, 1.165) is 24.5 Å². The first kappa shape index (κ1) is 17.6. The van der Waals surface area contributed by atoms with Gasteiger partial charge in [-0.2, -0.15) is 0 Å². The van der Waals surface area contributed by atoms with Crippen LogP contribution >= 0.6 is 11.6 Å². The van der Waals surface area contributed by atoms with Crippen molar-refractivity contribution in [3.8, 4) is 0 Å². The highest BCUT2D eigenvalue weighted by Crippen LogP contribution is 2.23. The molecule has 1 aliphatic heterocycles. The Labute approximate surface area is 134 Å². The maximum absolute atomic E-state index is 13.0. The average Bonchev–Trinajstić information content (AvgIpc) is 2.37. The first-order chi connectivity index (χ1) is 10.1. The summed E-state index contributed by atoms with van der Waals surface area (Å²) in [7, 11) is -7.14. The van der Waals surface area contributed by atoms with Crippen molar-refractivity contribution in [1.82, 2.24) is 9.03 Å². The van der Waals surface area contributed by atoms with Crippen LogP contribution in [-0.4, -0.2) is 46.5 Å². The van der Waals surface area contributed by atoms with Crippen molar-refractivity contribution in [1.29, 1.82) is 0 Å². The second-order valence-electron chi connectivity index (χ2n) is 5.13. The van der Waals surface area contributed by atoms with Crippen LogP contribution < -0.4 is 4.72 Å². The first-order valence-corrected chi connectivity index (χ1v) is 10.2. The van der Waals surface area contributed by atoms with E-state index in [1.54, 1.807) is 0 Å². The molecule has 1 aromatic rings. The van der Waals surface area contributed by atoms with E-state index in [-0.39, 0.29) is 29.0 Å². The summed E-state index contributed by atoms with van der Waals surface area (Å²) >= 11 is 5.77. The third-order valence-electron chi connectivity index (χ3n) is 3.43. The Balaban J connectivity index is 2.08. The van der Waals surface area contributed by atoms with Crippen molar-refractivity contribution >= 4 is 31.6 Å². The van der Waals surface area contributed by atoms with Crippen LogP contribution in [-0.2, 0) is 20.0 Å². The lowest BCUT2D eigenvalue weighted by Crippen LogP contribution is -2.46. The number of hydrogen-bond donors (Lipinski definition) is 1. The predicted molar refractivity (Wildman–Crippen MR) is 81.2 cm³/mol. The van der Waals surface area contributed by atoms with Crippen LogP contribution in [0.15, 0.2) is 23.1 Å². The van der Waals surface area contributed by atoms with Gasteiger partial charge in [-0.15, -0.1) is 0 Å². The molecule has 0 amide bonds. The molecule has 0 saturated carbocycles. The fourth-order valence-electron chi connectivity index (χ4n) is 2.28. The summed E-state index contributed by atoms with van der Waals surface area (Å²) in [5.41, 5.74) is 0. The van der Waals surface area contributed by atoms with Gasteiger partial charge in [0, 0.05) is 19.1 Å². The molecule has 6 nitrogen and oxygen atoms in total. The number of nitrogens with one attached hydrogen (secondary N) is 1. The van der Waals surface area contributed by atoms with Crippen LogP contribution in [0.1, 0.15) is 12.8 Å². The molecule has 1 fully saturated rings. The Morgan fingerprint density at radius 1 is 1.23 bits per heavy atom. The van der Waals surface area contributed by atoms with E-state index in [0.29, 0.717) is 12.8 Å². The van der Waals surface area contributed by atoms with Crippen molar-refractivity contribution in [2.75, 3.05) is 19.3 Å². The van der Waals surface area contributed by atoms with E-state index in [9.17, 15) is 21.2 Å². The number of halogens is 2. The van der Waals surface area contributed by atoms with Gasteiger partial charge in [0.05, 0.1) is 11.3 Å². The quantitative estimate of drug-likeness (QED) is 0.862. The van der Waals surface area contributed by atoms with Crippen LogP contribution in [0.3, 0.4) is 0 Å². The minimum Gasteiger partial charge on any atom is -0.213 e. The van der Waals surface area contributed by atoms with Crippen molar-refractivity contribution in [3.63, 3.8) is 0 Å². The number of sulfonamides is 2. The second-order valence-corrected chi connectivity index (χ2v) is 9.20. The van der Waals surface area contributed by atoms with Gasteiger partial charge in [-0.25, -0.2) is 30.3 Å². The van der Waals surface area contributed by atoms with E-state index in [1.165, 1.54) is 4.31 Å². The van der Waals surface area contributed by atoms with E-state index in [2.05, 4.69) is 4.72 Å². The lowest BCUT2D eigenvalue weighted by molar-refractivity contribution is 0.310. The molecule has 1 aliphatic rings. The monoisotopic (exact) mass is 370 g/mol. The number of hydrogen-bond acceptors (Lipinski definition) is 4. The minimum absolute atomic E-state index is 0.193. The van der Waals surface area contributed by atoms with Gasteiger partial charge >= 0.3 is 0 Å². The highest BCUT2D eigenvalue weighted by molar-refractivity contribution is 7.89. The van der Waals surface area contributed by atoms with Gasteiger partial charge in [-0.05, 0) is 31.0 Å². The zero-order valence-corrected chi connectivity index (χ0v) is 14.2. The molecule has 0 radical (unpaired) electrons. The number of rotatable bonds is 4. The Morgan fingerprint density at radius 2 is 1.82 bits per heavy atom.